The van der Waals surface area contributed by atoms with E-state index in [0.717, 1.165) is 31.1 Å². The summed E-state index contributed by atoms with van der Waals surface area (Å²) in [6, 6.07) is 10.5. The predicted molar refractivity (Wildman–Crippen MR) is 89.2 cm³/mol. The Bertz CT molecular complexity index is 453. The molecule has 116 valence electrons. The second-order valence-corrected chi connectivity index (χ2v) is 7.17. The molecule has 0 aromatic heterocycles. The van der Waals surface area contributed by atoms with E-state index in [0.29, 0.717) is 0 Å². The van der Waals surface area contributed by atoms with Crippen LogP contribution in [0.1, 0.15) is 56.6 Å². The van der Waals surface area contributed by atoms with Gasteiger partial charge in [0, 0.05) is 25.2 Å². The summed E-state index contributed by atoms with van der Waals surface area (Å²) in [4.78, 5) is 2.60. The molecule has 2 fully saturated rings. The lowest BCUT2D eigenvalue weighted by atomic mass is 9.85. The van der Waals surface area contributed by atoms with Gasteiger partial charge >= 0.3 is 0 Å². The number of nitrogens with one attached hydrogen (secondary N) is 1. The van der Waals surface area contributed by atoms with Gasteiger partial charge in [0.2, 0.25) is 0 Å². The Labute approximate surface area is 129 Å². The lowest BCUT2D eigenvalue weighted by Crippen LogP contribution is -2.38. The maximum absolute atomic E-state index is 3.66. The highest BCUT2D eigenvalue weighted by Crippen LogP contribution is 2.28. The summed E-state index contributed by atoms with van der Waals surface area (Å²) in [5.74, 6) is 0.848. The van der Waals surface area contributed by atoms with Gasteiger partial charge in [0.1, 0.15) is 0 Å². The molecule has 0 heterocycles. The fourth-order valence-electron chi connectivity index (χ4n) is 3.76. The number of rotatable bonds is 6. The van der Waals surface area contributed by atoms with Crippen molar-refractivity contribution >= 4 is 0 Å². The Morgan fingerprint density at radius 2 is 1.76 bits per heavy atom. The van der Waals surface area contributed by atoms with Gasteiger partial charge < -0.3 is 5.32 Å². The fraction of sp³-hybridized carbons (Fsp3) is 0.684. The molecule has 0 radical (unpaired) electrons. The van der Waals surface area contributed by atoms with Gasteiger partial charge in [-0.05, 0) is 49.8 Å². The van der Waals surface area contributed by atoms with Crippen LogP contribution >= 0.6 is 0 Å². The summed E-state index contributed by atoms with van der Waals surface area (Å²) < 4.78 is 0. The Hall–Kier alpha value is -0.860. The van der Waals surface area contributed by atoms with Crippen molar-refractivity contribution in [2.75, 3.05) is 7.05 Å². The molecule has 1 aromatic carbocycles. The standard InChI is InChI=1S/C19H30N2/c1-15-7-3-6-10-19(15)21(2)14-17-9-5-4-8-16(17)13-20-18-11-12-18/h4-5,8-9,15,18-20H,3,6-7,10-14H2,1-2H3. The molecule has 0 bridgehead atoms. The van der Waals surface area contributed by atoms with Crippen molar-refractivity contribution in [3.63, 3.8) is 0 Å². The molecule has 2 unspecified atom stereocenters. The zero-order valence-electron chi connectivity index (χ0n) is 13.6. The van der Waals surface area contributed by atoms with Gasteiger partial charge in [-0.25, -0.2) is 0 Å². The van der Waals surface area contributed by atoms with Crippen LogP contribution in [0.3, 0.4) is 0 Å². The van der Waals surface area contributed by atoms with Gasteiger partial charge in [-0.2, -0.15) is 0 Å². The summed E-state index contributed by atoms with van der Waals surface area (Å²) >= 11 is 0. The van der Waals surface area contributed by atoms with Crippen LogP contribution in [0.5, 0.6) is 0 Å². The highest BCUT2D eigenvalue weighted by atomic mass is 15.1. The van der Waals surface area contributed by atoms with E-state index in [-0.39, 0.29) is 0 Å². The second-order valence-electron chi connectivity index (χ2n) is 7.17. The molecule has 2 saturated carbocycles. The molecular weight excluding hydrogens is 256 g/mol. The molecule has 0 saturated heterocycles. The van der Waals surface area contributed by atoms with E-state index in [1.807, 2.05) is 0 Å². The average molecular weight is 286 g/mol. The van der Waals surface area contributed by atoms with E-state index in [2.05, 4.69) is 48.5 Å². The first kappa shape index (κ1) is 15.1. The van der Waals surface area contributed by atoms with E-state index in [4.69, 9.17) is 0 Å². The van der Waals surface area contributed by atoms with Crippen LogP contribution in [0.4, 0.5) is 0 Å². The van der Waals surface area contributed by atoms with Crippen molar-refractivity contribution in [2.24, 2.45) is 5.92 Å². The highest BCUT2D eigenvalue weighted by molar-refractivity contribution is 5.27. The van der Waals surface area contributed by atoms with Gasteiger partial charge in [-0.15, -0.1) is 0 Å². The predicted octanol–water partition coefficient (Wildman–Crippen LogP) is 3.95. The molecule has 0 spiro atoms. The normalized spacial score (nSPS) is 26.2. The molecule has 1 aromatic rings. The molecule has 2 nitrogen and oxygen atoms in total. The van der Waals surface area contributed by atoms with E-state index < -0.39 is 0 Å². The summed E-state index contributed by atoms with van der Waals surface area (Å²) in [6.45, 7) is 4.56. The minimum Gasteiger partial charge on any atom is -0.310 e. The Morgan fingerprint density at radius 1 is 1.05 bits per heavy atom. The first-order valence-electron chi connectivity index (χ1n) is 8.74. The van der Waals surface area contributed by atoms with Crippen LogP contribution in [-0.2, 0) is 13.1 Å². The van der Waals surface area contributed by atoms with Crippen LogP contribution < -0.4 is 5.32 Å². The first-order chi connectivity index (χ1) is 10.2. The number of hydrogen-bond acceptors (Lipinski definition) is 2. The fourth-order valence-corrected chi connectivity index (χ4v) is 3.76. The monoisotopic (exact) mass is 286 g/mol. The van der Waals surface area contributed by atoms with Crippen molar-refractivity contribution in [3.05, 3.63) is 35.4 Å². The highest BCUT2D eigenvalue weighted by Gasteiger charge is 2.25. The summed E-state index contributed by atoms with van der Waals surface area (Å²) in [7, 11) is 2.32. The van der Waals surface area contributed by atoms with Gasteiger partial charge in [-0.3, -0.25) is 4.90 Å². The van der Waals surface area contributed by atoms with Crippen molar-refractivity contribution in [3.8, 4) is 0 Å². The minimum atomic E-state index is 0.767. The molecule has 2 aliphatic carbocycles. The Balaban J connectivity index is 1.62. The van der Waals surface area contributed by atoms with Gasteiger partial charge in [0.25, 0.3) is 0 Å². The molecule has 2 aliphatic rings. The van der Waals surface area contributed by atoms with Crippen molar-refractivity contribution in [1.82, 2.24) is 10.2 Å². The Morgan fingerprint density at radius 3 is 2.48 bits per heavy atom. The minimum absolute atomic E-state index is 0.767. The van der Waals surface area contributed by atoms with Crippen molar-refractivity contribution < 1.29 is 0 Å². The quantitative estimate of drug-likeness (QED) is 0.852. The summed E-state index contributed by atoms with van der Waals surface area (Å²) in [5.41, 5.74) is 2.99. The van der Waals surface area contributed by atoms with E-state index in [1.54, 1.807) is 0 Å². The van der Waals surface area contributed by atoms with Crippen LogP contribution in [0.2, 0.25) is 0 Å². The van der Waals surface area contributed by atoms with Crippen LogP contribution in [0.15, 0.2) is 24.3 Å². The maximum atomic E-state index is 3.66. The third kappa shape index (κ3) is 4.08. The zero-order chi connectivity index (χ0) is 14.7. The number of benzene rings is 1. The molecule has 2 atom stereocenters. The summed E-state index contributed by atoms with van der Waals surface area (Å²) in [5, 5.41) is 3.66. The molecular formula is C19H30N2. The number of nitrogens with zero attached hydrogens (tertiary/aromatic N) is 1. The average Bonchev–Trinajstić information content (AvgIpc) is 3.31. The molecule has 0 aliphatic heterocycles. The third-order valence-electron chi connectivity index (χ3n) is 5.33. The van der Waals surface area contributed by atoms with Gasteiger partial charge in [0.15, 0.2) is 0 Å². The number of hydrogen-bond donors (Lipinski definition) is 1. The van der Waals surface area contributed by atoms with Gasteiger partial charge in [-0.1, -0.05) is 44.0 Å². The third-order valence-corrected chi connectivity index (χ3v) is 5.33. The van der Waals surface area contributed by atoms with E-state index in [9.17, 15) is 0 Å². The lowest BCUT2D eigenvalue weighted by molar-refractivity contribution is 0.133. The molecule has 2 heteroatoms. The van der Waals surface area contributed by atoms with Crippen LogP contribution in [0, 0.1) is 5.92 Å². The van der Waals surface area contributed by atoms with E-state index in [1.165, 1.54) is 49.7 Å². The molecule has 1 N–H and O–H groups in total. The van der Waals surface area contributed by atoms with Crippen molar-refractivity contribution in [1.29, 1.82) is 0 Å². The van der Waals surface area contributed by atoms with Crippen LogP contribution in [-0.4, -0.2) is 24.0 Å². The van der Waals surface area contributed by atoms with Gasteiger partial charge in [0.05, 0.1) is 0 Å². The molecule has 21 heavy (non-hydrogen) atoms. The maximum Gasteiger partial charge on any atom is 0.0236 e. The molecule has 3 rings (SSSR count). The van der Waals surface area contributed by atoms with Crippen molar-refractivity contribution in [2.45, 2.75) is 70.6 Å². The lowest BCUT2D eigenvalue weighted by Gasteiger charge is -2.36. The topological polar surface area (TPSA) is 15.3 Å². The van der Waals surface area contributed by atoms with E-state index >= 15 is 0 Å². The Kier molecular flexibility index (Phi) is 4.97. The largest absolute Gasteiger partial charge is 0.310 e. The first-order valence-corrected chi connectivity index (χ1v) is 8.74. The second kappa shape index (κ2) is 6.93. The molecule has 0 amide bonds. The smallest absolute Gasteiger partial charge is 0.0236 e. The van der Waals surface area contributed by atoms with Crippen LogP contribution in [0.25, 0.3) is 0 Å². The SMILES string of the molecule is CC1CCCCC1N(C)Cc1ccccc1CNC1CC1. The summed E-state index contributed by atoms with van der Waals surface area (Å²) in [6.07, 6.45) is 8.33. The zero-order valence-corrected chi connectivity index (χ0v) is 13.6.